The van der Waals surface area contributed by atoms with Crippen LogP contribution in [-0.2, 0) is 11.0 Å². The van der Waals surface area contributed by atoms with E-state index in [1.165, 1.54) is 34.1 Å². The molecule has 1 aliphatic heterocycles. The Kier molecular flexibility index (Phi) is 4.74. The van der Waals surface area contributed by atoms with E-state index < -0.39 is 17.3 Å². The summed E-state index contributed by atoms with van der Waals surface area (Å²) >= 11 is 0. The van der Waals surface area contributed by atoms with Gasteiger partial charge in [0.25, 0.3) is 0 Å². The first-order valence-electron chi connectivity index (χ1n) is 7.93. The number of alkyl halides is 3. The van der Waals surface area contributed by atoms with Crippen LogP contribution in [0.1, 0.15) is 17.5 Å². The molecule has 0 spiro atoms. The normalized spacial score (nSPS) is 16.6. The molecule has 0 aliphatic carbocycles. The van der Waals surface area contributed by atoms with Gasteiger partial charge in [-0.15, -0.1) is 0 Å². The second kappa shape index (κ2) is 7.00. The molecular weight excluding hydrogens is 361 g/mol. The van der Waals surface area contributed by atoms with Gasteiger partial charge >= 0.3 is 6.18 Å². The van der Waals surface area contributed by atoms with E-state index in [9.17, 15) is 18.0 Å². The zero-order chi connectivity index (χ0) is 19.6. The third-order valence-corrected chi connectivity index (χ3v) is 4.26. The molecule has 1 aliphatic rings. The molecule has 1 N–H and O–H groups in total. The lowest BCUT2D eigenvalue weighted by molar-refractivity contribution is -0.137. The topological polar surface area (TPSA) is 97.7 Å². The Morgan fingerprint density at radius 2 is 2.11 bits per heavy atom. The van der Waals surface area contributed by atoms with Crippen molar-refractivity contribution in [3.05, 3.63) is 41.9 Å². The average Bonchev–Trinajstić information content (AvgIpc) is 3.29. The molecule has 138 valence electrons. The van der Waals surface area contributed by atoms with E-state index in [0.717, 1.165) is 12.1 Å². The summed E-state index contributed by atoms with van der Waals surface area (Å²) < 4.78 is 40.6. The van der Waals surface area contributed by atoms with Crippen LogP contribution in [0.25, 0.3) is 5.69 Å². The van der Waals surface area contributed by atoms with Gasteiger partial charge < -0.3 is 14.8 Å². The fraction of sp³-hybridized carbons (Fsp3) is 0.294. The molecule has 2 heterocycles. The standard InChI is InChI=1S/C17H13F3N6O/c18-17(19,20)14-5-13(2-1-11(14)6-21)26-8-15(23-10-26)24-16(27)12-3-4-25(7-12)9-22/h1-2,5,8,10,12H,3-4,7H2,(H,24,27). The zero-order valence-electron chi connectivity index (χ0n) is 13.9. The lowest BCUT2D eigenvalue weighted by Crippen LogP contribution is -2.25. The van der Waals surface area contributed by atoms with Crippen LogP contribution in [0, 0.1) is 28.7 Å². The summed E-state index contributed by atoms with van der Waals surface area (Å²) in [4.78, 5) is 17.7. The number of imidazole rings is 1. The molecule has 3 rings (SSSR count). The van der Waals surface area contributed by atoms with Crippen molar-refractivity contribution in [3.63, 3.8) is 0 Å². The molecular formula is C17H13F3N6O. The predicted octanol–water partition coefficient (Wildman–Crippen LogP) is 2.50. The number of likely N-dealkylation sites (tertiary alicyclic amines) is 1. The van der Waals surface area contributed by atoms with Crippen molar-refractivity contribution in [1.29, 1.82) is 10.5 Å². The van der Waals surface area contributed by atoms with E-state index in [4.69, 9.17) is 10.5 Å². The number of carbonyl (C=O) groups is 1. The van der Waals surface area contributed by atoms with Gasteiger partial charge in [0, 0.05) is 18.8 Å². The van der Waals surface area contributed by atoms with Gasteiger partial charge in [-0.1, -0.05) is 0 Å². The number of nitrogens with zero attached hydrogens (tertiary/aromatic N) is 5. The Balaban J connectivity index is 1.77. The van der Waals surface area contributed by atoms with Gasteiger partial charge in [-0.2, -0.15) is 23.7 Å². The summed E-state index contributed by atoms with van der Waals surface area (Å²) in [6.45, 7) is 0.835. The van der Waals surface area contributed by atoms with E-state index in [1.54, 1.807) is 0 Å². The number of nitrogens with one attached hydrogen (secondary N) is 1. The number of benzene rings is 1. The number of aromatic nitrogens is 2. The summed E-state index contributed by atoms with van der Waals surface area (Å²) in [6, 6.07) is 4.83. The van der Waals surface area contributed by atoms with Gasteiger partial charge in [0.2, 0.25) is 5.91 Å². The van der Waals surface area contributed by atoms with Gasteiger partial charge in [0.15, 0.2) is 12.0 Å². The maximum Gasteiger partial charge on any atom is 0.417 e. The third-order valence-electron chi connectivity index (χ3n) is 4.26. The Morgan fingerprint density at radius 1 is 1.33 bits per heavy atom. The molecule has 1 aromatic carbocycles. The quantitative estimate of drug-likeness (QED) is 0.833. The lowest BCUT2D eigenvalue weighted by Gasteiger charge is -2.11. The number of anilines is 1. The molecule has 0 saturated carbocycles. The Morgan fingerprint density at radius 3 is 2.74 bits per heavy atom. The molecule has 1 unspecified atom stereocenters. The average molecular weight is 374 g/mol. The van der Waals surface area contributed by atoms with Crippen molar-refractivity contribution < 1.29 is 18.0 Å². The second-order valence-electron chi connectivity index (χ2n) is 6.03. The minimum Gasteiger partial charge on any atom is -0.310 e. The molecule has 1 atom stereocenters. The van der Waals surface area contributed by atoms with E-state index >= 15 is 0 Å². The molecule has 1 amide bonds. The summed E-state index contributed by atoms with van der Waals surface area (Å²) in [5.74, 6) is -0.455. The van der Waals surface area contributed by atoms with Crippen molar-refractivity contribution >= 4 is 11.7 Å². The number of nitriles is 2. The van der Waals surface area contributed by atoms with Crippen LogP contribution in [-0.4, -0.2) is 33.4 Å². The Labute approximate surface area is 152 Å². The summed E-state index contributed by atoms with van der Waals surface area (Å²) in [6.07, 6.45) is 0.528. The molecule has 7 nitrogen and oxygen atoms in total. The first-order valence-corrected chi connectivity index (χ1v) is 7.93. The fourth-order valence-corrected chi connectivity index (χ4v) is 2.85. The van der Waals surface area contributed by atoms with Gasteiger partial charge in [-0.25, -0.2) is 4.98 Å². The molecule has 1 aromatic heterocycles. The third kappa shape index (κ3) is 3.85. The highest BCUT2D eigenvalue weighted by Gasteiger charge is 2.34. The highest BCUT2D eigenvalue weighted by molar-refractivity contribution is 5.92. The van der Waals surface area contributed by atoms with Gasteiger partial charge in [-0.3, -0.25) is 4.79 Å². The van der Waals surface area contributed by atoms with Crippen LogP contribution in [0.3, 0.4) is 0 Å². The molecule has 0 bridgehead atoms. The van der Waals surface area contributed by atoms with E-state index in [2.05, 4.69) is 10.3 Å². The van der Waals surface area contributed by atoms with Crippen molar-refractivity contribution in [2.75, 3.05) is 18.4 Å². The highest BCUT2D eigenvalue weighted by Crippen LogP contribution is 2.33. The van der Waals surface area contributed by atoms with Gasteiger partial charge in [-0.05, 0) is 24.6 Å². The molecule has 1 saturated heterocycles. The van der Waals surface area contributed by atoms with Crippen LogP contribution >= 0.6 is 0 Å². The molecule has 10 heteroatoms. The number of carbonyl (C=O) groups excluding carboxylic acids is 1. The van der Waals surface area contributed by atoms with E-state index in [-0.39, 0.29) is 23.3 Å². The first-order chi connectivity index (χ1) is 12.8. The summed E-state index contributed by atoms with van der Waals surface area (Å²) in [5.41, 5.74) is -1.35. The number of amides is 1. The summed E-state index contributed by atoms with van der Waals surface area (Å²) in [5, 5.41) is 20.3. The minimum atomic E-state index is -4.66. The number of rotatable bonds is 3. The van der Waals surface area contributed by atoms with Crippen LogP contribution in [0.15, 0.2) is 30.7 Å². The van der Waals surface area contributed by atoms with Crippen LogP contribution in [0.5, 0.6) is 0 Å². The maximum atomic E-state index is 13.1. The van der Waals surface area contributed by atoms with Gasteiger partial charge in [0.05, 0.1) is 29.3 Å². The van der Waals surface area contributed by atoms with E-state index in [1.807, 2.05) is 6.19 Å². The fourth-order valence-electron chi connectivity index (χ4n) is 2.85. The van der Waals surface area contributed by atoms with Crippen LogP contribution in [0.2, 0.25) is 0 Å². The highest BCUT2D eigenvalue weighted by atomic mass is 19.4. The number of hydrogen-bond donors (Lipinski definition) is 1. The molecule has 0 radical (unpaired) electrons. The molecule has 2 aromatic rings. The first kappa shape index (κ1) is 18.3. The Hall–Kier alpha value is -3.53. The maximum absolute atomic E-state index is 13.1. The van der Waals surface area contributed by atoms with Gasteiger partial charge in [0.1, 0.15) is 6.33 Å². The SMILES string of the molecule is N#Cc1ccc(-n2cnc(NC(=O)C3CCN(C#N)C3)c2)cc1C(F)(F)F. The van der Waals surface area contributed by atoms with Crippen LogP contribution in [0.4, 0.5) is 19.0 Å². The van der Waals surface area contributed by atoms with Crippen molar-refractivity contribution in [2.45, 2.75) is 12.6 Å². The Bertz CT molecular complexity index is 953. The molecule has 1 fully saturated rings. The minimum absolute atomic E-state index is 0.158. The monoisotopic (exact) mass is 374 g/mol. The smallest absolute Gasteiger partial charge is 0.310 e. The largest absolute Gasteiger partial charge is 0.417 e. The van der Waals surface area contributed by atoms with E-state index in [0.29, 0.717) is 19.5 Å². The number of hydrogen-bond acceptors (Lipinski definition) is 5. The zero-order valence-corrected chi connectivity index (χ0v) is 13.9. The summed E-state index contributed by atoms with van der Waals surface area (Å²) in [7, 11) is 0. The van der Waals surface area contributed by atoms with Crippen molar-refractivity contribution in [3.8, 4) is 17.9 Å². The van der Waals surface area contributed by atoms with Crippen molar-refractivity contribution in [2.24, 2.45) is 5.92 Å². The van der Waals surface area contributed by atoms with Crippen LogP contribution < -0.4 is 5.32 Å². The second-order valence-corrected chi connectivity index (χ2v) is 6.03. The predicted molar refractivity (Wildman–Crippen MR) is 87.2 cm³/mol. The molecule has 27 heavy (non-hydrogen) atoms. The number of halogens is 3. The van der Waals surface area contributed by atoms with Crippen molar-refractivity contribution in [1.82, 2.24) is 14.5 Å². The lowest BCUT2D eigenvalue weighted by atomic mass is 10.1.